The first-order chi connectivity index (χ1) is 12.5. The highest BCUT2D eigenvalue weighted by molar-refractivity contribution is 7.14. The van der Waals surface area contributed by atoms with E-state index in [9.17, 15) is 14.4 Å². The second-order valence-electron chi connectivity index (χ2n) is 5.99. The normalized spacial score (nSPS) is 16.6. The maximum atomic E-state index is 12.5. The molecule has 0 spiro atoms. The number of ether oxygens (including phenoxy) is 1. The second kappa shape index (κ2) is 7.65. The maximum Gasteiger partial charge on any atom is 0.357 e. The molecule has 136 valence electrons. The summed E-state index contributed by atoms with van der Waals surface area (Å²) in [6.07, 6.45) is 0.149. The van der Waals surface area contributed by atoms with Crippen LogP contribution in [0.25, 0.3) is 0 Å². The number of carbonyl (C=O) groups is 3. The molecule has 1 saturated heterocycles. The SMILES string of the molecule is CCOC(=O)c1csc(NC(=O)[C@H]2CC(=O)N(c3ccc(C)cc3)C2)n1. The number of carbonyl (C=O) groups excluding carboxylic acids is 3. The molecule has 1 aromatic carbocycles. The first-order valence-corrected chi connectivity index (χ1v) is 9.16. The number of thiazole rings is 1. The molecule has 1 N–H and O–H groups in total. The molecule has 7 nitrogen and oxygen atoms in total. The van der Waals surface area contributed by atoms with Crippen LogP contribution in [0.3, 0.4) is 0 Å². The van der Waals surface area contributed by atoms with Crippen molar-refractivity contribution in [2.24, 2.45) is 5.92 Å². The number of aromatic nitrogens is 1. The molecule has 2 aromatic rings. The summed E-state index contributed by atoms with van der Waals surface area (Å²) in [6, 6.07) is 7.62. The Hall–Kier alpha value is -2.74. The standard InChI is InChI=1S/C18H19N3O4S/c1-3-25-17(24)14-10-26-18(19-14)20-16(23)12-8-15(22)21(9-12)13-6-4-11(2)5-7-13/h4-7,10,12H,3,8-9H2,1-2H3,(H,19,20,23)/t12-/m0/s1. The third-order valence-electron chi connectivity index (χ3n) is 4.06. The average Bonchev–Trinajstić information content (AvgIpc) is 3.23. The summed E-state index contributed by atoms with van der Waals surface area (Å²) in [4.78, 5) is 42.0. The lowest BCUT2D eigenvalue weighted by atomic mass is 10.1. The summed E-state index contributed by atoms with van der Waals surface area (Å²) in [6.45, 7) is 4.27. The number of benzene rings is 1. The number of anilines is 2. The first-order valence-electron chi connectivity index (χ1n) is 8.28. The summed E-state index contributed by atoms with van der Waals surface area (Å²) in [5.74, 6) is -1.34. The molecule has 1 aliphatic rings. The third kappa shape index (κ3) is 3.91. The number of nitrogens with one attached hydrogen (secondary N) is 1. The molecule has 26 heavy (non-hydrogen) atoms. The van der Waals surface area contributed by atoms with E-state index in [1.54, 1.807) is 11.8 Å². The first kappa shape index (κ1) is 18.1. The van der Waals surface area contributed by atoms with Crippen LogP contribution in [0.5, 0.6) is 0 Å². The quantitative estimate of drug-likeness (QED) is 0.814. The van der Waals surface area contributed by atoms with Gasteiger partial charge in [0.05, 0.1) is 12.5 Å². The summed E-state index contributed by atoms with van der Waals surface area (Å²) in [7, 11) is 0. The van der Waals surface area contributed by atoms with Crippen LogP contribution in [0.1, 0.15) is 29.4 Å². The highest BCUT2D eigenvalue weighted by Gasteiger charge is 2.35. The van der Waals surface area contributed by atoms with E-state index in [0.29, 0.717) is 11.7 Å². The molecule has 0 aliphatic carbocycles. The Bertz CT molecular complexity index is 831. The minimum absolute atomic E-state index is 0.0830. The number of nitrogens with zero attached hydrogens (tertiary/aromatic N) is 2. The lowest BCUT2D eigenvalue weighted by Gasteiger charge is -2.16. The Morgan fingerprint density at radius 3 is 2.77 bits per heavy atom. The second-order valence-corrected chi connectivity index (χ2v) is 6.85. The fourth-order valence-corrected chi connectivity index (χ4v) is 3.38. The van der Waals surface area contributed by atoms with Gasteiger partial charge in [-0.3, -0.25) is 9.59 Å². The number of aryl methyl sites for hydroxylation is 1. The molecule has 3 rings (SSSR count). The molecule has 0 radical (unpaired) electrons. The Morgan fingerprint density at radius 1 is 1.35 bits per heavy atom. The summed E-state index contributed by atoms with van der Waals surface area (Å²) in [5.41, 5.74) is 2.06. The van der Waals surface area contributed by atoms with E-state index in [2.05, 4.69) is 10.3 Å². The van der Waals surface area contributed by atoms with E-state index >= 15 is 0 Å². The molecular weight excluding hydrogens is 354 g/mol. The minimum Gasteiger partial charge on any atom is -0.461 e. The number of amides is 2. The average molecular weight is 373 g/mol. The zero-order valence-electron chi connectivity index (χ0n) is 14.5. The summed E-state index contributed by atoms with van der Waals surface area (Å²) >= 11 is 1.15. The molecule has 2 amide bonds. The van der Waals surface area contributed by atoms with Crippen molar-refractivity contribution in [2.75, 3.05) is 23.4 Å². The van der Waals surface area contributed by atoms with Crippen molar-refractivity contribution in [3.05, 3.63) is 40.9 Å². The molecule has 0 unspecified atom stereocenters. The molecule has 8 heteroatoms. The van der Waals surface area contributed by atoms with E-state index in [1.807, 2.05) is 31.2 Å². The molecule has 1 fully saturated rings. The van der Waals surface area contributed by atoms with Gasteiger partial charge < -0.3 is 15.0 Å². The van der Waals surface area contributed by atoms with Crippen molar-refractivity contribution >= 4 is 39.9 Å². The van der Waals surface area contributed by atoms with Gasteiger partial charge >= 0.3 is 5.97 Å². The molecule has 1 aromatic heterocycles. The molecule has 0 bridgehead atoms. The molecule has 2 heterocycles. The molecule has 0 saturated carbocycles. The van der Waals surface area contributed by atoms with Crippen molar-refractivity contribution in [2.45, 2.75) is 20.3 Å². The van der Waals surface area contributed by atoms with Gasteiger partial charge in [0.25, 0.3) is 0 Å². The van der Waals surface area contributed by atoms with Gasteiger partial charge in [-0.15, -0.1) is 11.3 Å². The highest BCUT2D eigenvalue weighted by Crippen LogP contribution is 2.27. The van der Waals surface area contributed by atoms with Crippen LogP contribution in [-0.4, -0.2) is 35.9 Å². The van der Waals surface area contributed by atoms with E-state index in [-0.39, 0.29) is 30.5 Å². The minimum atomic E-state index is -0.522. The van der Waals surface area contributed by atoms with Crippen molar-refractivity contribution < 1.29 is 19.1 Å². The van der Waals surface area contributed by atoms with Crippen LogP contribution in [0.2, 0.25) is 0 Å². The number of hydrogen-bond acceptors (Lipinski definition) is 6. The van der Waals surface area contributed by atoms with Gasteiger partial charge in [0.2, 0.25) is 11.8 Å². The predicted octanol–water partition coefficient (Wildman–Crippen LogP) is 2.62. The zero-order valence-corrected chi connectivity index (χ0v) is 15.3. The lowest BCUT2D eigenvalue weighted by Crippen LogP contribution is -2.28. The third-order valence-corrected chi connectivity index (χ3v) is 4.82. The Labute approximate surface area is 155 Å². The van der Waals surface area contributed by atoms with Crippen LogP contribution in [0, 0.1) is 12.8 Å². The van der Waals surface area contributed by atoms with Gasteiger partial charge in [0.15, 0.2) is 10.8 Å². The number of rotatable bonds is 5. The summed E-state index contributed by atoms with van der Waals surface area (Å²) < 4.78 is 4.87. The zero-order chi connectivity index (χ0) is 18.7. The van der Waals surface area contributed by atoms with E-state index in [4.69, 9.17) is 4.74 Å². The van der Waals surface area contributed by atoms with Crippen LogP contribution in [0.4, 0.5) is 10.8 Å². The smallest absolute Gasteiger partial charge is 0.357 e. The van der Waals surface area contributed by atoms with Crippen molar-refractivity contribution in [1.82, 2.24) is 4.98 Å². The highest BCUT2D eigenvalue weighted by atomic mass is 32.1. The van der Waals surface area contributed by atoms with Crippen molar-refractivity contribution in [1.29, 1.82) is 0 Å². The van der Waals surface area contributed by atoms with Gasteiger partial charge in [0.1, 0.15) is 0 Å². The molecular formula is C18H19N3O4S. The van der Waals surface area contributed by atoms with Gasteiger partial charge in [-0.25, -0.2) is 9.78 Å². The monoisotopic (exact) mass is 373 g/mol. The van der Waals surface area contributed by atoms with E-state index < -0.39 is 11.9 Å². The van der Waals surface area contributed by atoms with Crippen LogP contribution < -0.4 is 10.2 Å². The Balaban J connectivity index is 1.63. The number of hydrogen-bond donors (Lipinski definition) is 1. The topological polar surface area (TPSA) is 88.6 Å². The van der Waals surface area contributed by atoms with Crippen LogP contribution >= 0.6 is 11.3 Å². The fraction of sp³-hybridized carbons (Fsp3) is 0.333. The largest absolute Gasteiger partial charge is 0.461 e. The Kier molecular flexibility index (Phi) is 5.32. The van der Waals surface area contributed by atoms with Gasteiger partial charge in [-0.1, -0.05) is 17.7 Å². The van der Waals surface area contributed by atoms with Gasteiger partial charge in [0, 0.05) is 24.0 Å². The summed E-state index contributed by atoms with van der Waals surface area (Å²) in [5, 5.41) is 4.54. The fourth-order valence-electron chi connectivity index (χ4n) is 2.69. The maximum absolute atomic E-state index is 12.5. The lowest BCUT2D eigenvalue weighted by molar-refractivity contribution is -0.122. The van der Waals surface area contributed by atoms with Gasteiger partial charge in [-0.05, 0) is 26.0 Å². The van der Waals surface area contributed by atoms with Crippen molar-refractivity contribution in [3.8, 4) is 0 Å². The Morgan fingerprint density at radius 2 is 2.08 bits per heavy atom. The van der Waals surface area contributed by atoms with Gasteiger partial charge in [-0.2, -0.15) is 0 Å². The van der Waals surface area contributed by atoms with Crippen LogP contribution in [-0.2, 0) is 14.3 Å². The number of esters is 1. The molecule has 1 atom stereocenters. The molecule has 1 aliphatic heterocycles. The predicted molar refractivity (Wildman–Crippen MR) is 98.3 cm³/mol. The van der Waals surface area contributed by atoms with Crippen LogP contribution in [0.15, 0.2) is 29.6 Å². The van der Waals surface area contributed by atoms with Crippen molar-refractivity contribution in [3.63, 3.8) is 0 Å². The van der Waals surface area contributed by atoms with E-state index in [0.717, 1.165) is 22.6 Å². The van der Waals surface area contributed by atoms with E-state index in [1.165, 1.54) is 5.38 Å².